The lowest BCUT2D eigenvalue weighted by molar-refractivity contribution is -0.132. The fourth-order valence-corrected chi connectivity index (χ4v) is 4.75. The SMILES string of the molecule is O=C(NCCC(=O)N1CCN(S(=O)(=O)c2ccc(Cl)cc2)CC1)c1ccc(Cl)cc1. The highest BCUT2D eigenvalue weighted by Crippen LogP contribution is 2.20. The Balaban J connectivity index is 1.46. The minimum atomic E-state index is -3.62. The number of amides is 2. The molecule has 0 atom stereocenters. The van der Waals surface area contributed by atoms with E-state index < -0.39 is 10.0 Å². The molecular formula is C20H21Cl2N3O4S. The number of nitrogens with one attached hydrogen (secondary N) is 1. The lowest BCUT2D eigenvalue weighted by atomic mass is 10.2. The number of rotatable bonds is 6. The third kappa shape index (κ3) is 5.51. The summed E-state index contributed by atoms with van der Waals surface area (Å²) >= 11 is 11.6. The largest absolute Gasteiger partial charge is 0.352 e. The summed E-state index contributed by atoms with van der Waals surface area (Å²) in [5.41, 5.74) is 0.466. The Morgan fingerprint density at radius 3 is 1.97 bits per heavy atom. The first kappa shape index (κ1) is 22.6. The first-order valence-corrected chi connectivity index (χ1v) is 11.5. The minimum absolute atomic E-state index is 0.130. The number of carbonyl (C=O) groups is 2. The highest BCUT2D eigenvalue weighted by Gasteiger charge is 2.29. The van der Waals surface area contributed by atoms with Crippen molar-refractivity contribution < 1.29 is 18.0 Å². The Bertz CT molecular complexity index is 1000. The molecule has 0 aromatic heterocycles. The molecule has 1 heterocycles. The second-order valence-electron chi connectivity index (χ2n) is 6.75. The van der Waals surface area contributed by atoms with E-state index >= 15 is 0 Å². The standard InChI is InChI=1S/C20H21Cl2N3O4S/c21-16-3-1-15(2-4-16)20(27)23-10-9-19(26)24-11-13-25(14-12-24)30(28,29)18-7-5-17(22)6-8-18/h1-8H,9-14H2,(H,23,27). The molecule has 3 rings (SSSR count). The van der Waals surface area contributed by atoms with Crippen molar-refractivity contribution in [1.29, 1.82) is 0 Å². The molecular weight excluding hydrogens is 449 g/mol. The van der Waals surface area contributed by atoms with Crippen LogP contribution in [0.1, 0.15) is 16.8 Å². The normalized spacial score (nSPS) is 15.1. The van der Waals surface area contributed by atoms with Crippen LogP contribution in [0.2, 0.25) is 10.0 Å². The van der Waals surface area contributed by atoms with Crippen molar-refractivity contribution >= 4 is 45.0 Å². The van der Waals surface area contributed by atoms with E-state index in [1.165, 1.54) is 28.6 Å². The van der Waals surface area contributed by atoms with E-state index in [1.54, 1.807) is 29.2 Å². The van der Waals surface area contributed by atoms with E-state index in [2.05, 4.69) is 5.32 Å². The van der Waals surface area contributed by atoms with Gasteiger partial charge in [0.15, 0.2) is 0 Å². The molecule has 7 nitrogen and oxygen atoms in total. The summed E-state index contributed by atoms with van der Waals surface area (Å²) in [5, 5.41) is 3.71. The fraction of sp³-hybridized carbons (Fsp3) is 0.300. The van der Waals surface area contributed by atoms with Gasteiger partial charge in [-0.2, -0.15) is 4.31 Å². The summed E-state index contributed by atoms with van der Waals surface area (Å²) in [4.78, 5) is 26.3. The van der Waals surface area contributed by atoms with Gasteiger partial charge in [-0.15, -0.1) is 0 Å². The quantitative estimate of drug-likeness (QED) is 0.704. The van der Waals surface area contributed by atoms with Crippen LogP contribution in [0, 0.1) is 0 Å². The fourth-order valence-electron chi connectivity index (χ4n) is 3.08. The summed E-state index contributed by atoms with van der Waals surface area (Å²) in [6.07, 6.45) is 0.142. The Morgan fingerprint density at radius 1 is 0.867 bits per heavy atom. The van der Waals surface area contributed by atoms with Crippen molar-refractivity contribution in [3.8, 4) is 0 Å². The number of hydrogen-bond acceptors (Lipinski definition) is 4. The van der Waals surface area contributed by atoms with Gasteiger partial charge in [0, 0.05) is 54.8 Å². The van der Waals surface area contributed by atoms with E-state index in [1.807, 2.05) is 0 Å². The average Bonchev–Trinajstić information content (AvgIpc) is 2.74. The second-order valence-corrected chi connectivity index (χ2v) is 9.56. The average molecular weight is 470 g/mol. The molecule has 0 spiro atoms. The molecule has 0 saturated carbocycles. The van der Waals surface area contributed by atoms with Crippen LogP contribution >= 0.6 is 23.2 Å². The molecule has 1 saturated heterocycles. The Kier molecular flexibility index (Phi) is 7.36. The van der Waals surface area contributed by atoms with Gasteiger partial charge in [0.05, 0.1) is 4.90 Å². The molecule has 30 heavy (non-hydrogen) atoms. The molecule has 160 valence electrons. The molecule has 1 N–H and O–H groups in total. The lowest BCUT2D eigenvalue weighted by Crippen LogP contribution is -2.50. The van der Waals surface area contributed by atoms with Gasteiger partial charge in [-0.3, -0.25) is 9.59 Å². The molecule has 10 heteroatoms. The zero-order valence-corrected chi connectivity index (χ0v) is 18.4. The van der Waals surface area contributed by atoms with Crippen molar-refractivity contribution in [2.45, 2.75) is 11.3 Å². The third-order valence-electron chi connectivity index (χ3n) is 4.77. The first-order valence-electron chi connectivity index (χ1n) is 9.34. The number of hydrogen-bond donors (Lipinski definition) is 1. The number of benzene rings is 2. The molecule has 1 aliphatic rings. The monoisotopic (exact) mass is 469 g/mol. The maximum absolute atomic E-state index is 12.7. The predicted molar refractivity (Wildman–Crippen MR) is 115 cm³/mol. The van der Waals surface area contributed by atoms with Crippen LogP contribution in [0.25, 0.3) is 0 Å². The van der Waals surface area contributed by atoms with E-state index in [0.717, 1.165) is 0 Å². The van der Waals surface area contributed by atoms with Crippen molar-refractivity contribution in [2.24, 2.45) is 0 Å². The van der Waals surface area contributed by atoms with Crippen molar-refractivity contribution in [2.75, 3.05) is 32.7 Å². The molecule has 1 aliphatic heterocycles. The van der Waals surface area contributed by atoms with Gasteiger partial charge in [0.25, 0.3) is 5.91 Å². The number of nitrogens with zero attached hydrogens (tertiary/aromatic N) is 2. The minimum Gasteiger partial charge on any atom is -0.352 e. The number of sulfonamides is 1. The second kappa shape index (κ2) is 9.78. The highest BCUT2D eigenvalue weighted by molar-refractivity contribution is 7.89. The van der Waals surface area contributed by atoms with Crippen LogP contribution in [0.4, 0.5) is 0 Å². The van der Waals surface area contributed by atoms with Gasteiger partial charge in [-0.25, -0.2) is 8.42 Å². The van der Waals surface area contributed by atoms with Gasteiger partial charge in [0.1, 0.15) is 0 Å². The number of piperazine rings is 1. The Morgan fingerprint density at radius 2 is 1.40 bits per heavy atom. The molecule has 0 aliphatic carbocycles. The molecule has 0 bridgehead atoms. The lowest BCUT2D eigenvalue weighted by Gasteiger charge is -2.34. The topological polar surface area (TPSA) is 86.8 Å². The maximum atomic E-state index is 12.7. The van der Waals surface area contributed by atoms with Gasteiger partial charge < -0.3 is 10.2 Å². The maximum Gasteiger partial charge on any atom is 0.251 e. The molecule has 1 fully saturated rings. The summed E-state index contributed by atoms with van der Waals surface area (Å²) in [6.45, 7) is 1.23. The summed E-state index contributed by atoms with van der Waals surface area (Å²) in [5.74, 6) is -0.409. The van der Waals surface area contributed by atoms with Crippen LogP contribution in [-0.2, 0) is 14.8 Å². The van der Waals surface area contributed by atoms with Crippen LogP contribution in [0.3, 0.4) is 0 Å². The van der Waals surface area contributed by atoms with Crippen molar-refractivity contribution in [3.63, 3.8) is 0 Å². The Labute approximate surface area is 185 Å². The van der Waals surface area contributed by atoms with E-state index in [9.17, 15) is 18.0 Å². The predicted octanol–water partition coefficient (Wildman–Crippen LogP) is 2.65. The van der Waals surface area contributed by atoms with Gasteiger partial charge in [-0.1, -0.05) is 23.2 Å². The zero-order chi connectivity index (χ0) is 21.7. The molecule has 2 aromatic carbocycles. The van der Waals surface area contributed by atoms with Crippen LogP contribution in [0.5, 0.6) is 0 Å². The van der Waals surface area contributed by atoms with E-state index in [0.29, 0.717) is 28.7 Å². The Hall–Kier alpha value is -2.13. The van der Waals surface area contributed by atoms with Gasteiger partial charge in [0.2, 0.25) is 15.9 Å². The van der Waals surface area contributed by atoms with Crippen molar-refractivity contribution in [1.82, 2.24) is 14.5 Å². The summed E-state index contributed by atoms with van der Waals surface area (Å²) in [7, 11) is -3.62. The van der Waals surface area contributed by atoms with Gasteiger partial charge in [-0.05, 0) is 48.5 Å². The first-order chi connectivity index (χ1) is 14.3. The molecule has 2 amide bonds. The molecule has 0 radical (unpaired) electrons. The van der Waals surface area contributed by atoms with E-state index in [4.69, 9.17) is 23.2 Å². The van der Waals surface area contributed by atoms with Crippen LogP contribution < -0.4 is 5.32 Å². The molecule has 0 unspecified atom stereocenters. The third-order valence-corrected chi connectivity index (χ3v) is 7.19. The van der Waals surface area contributed by atoms with Crippen LogP contribution in [0.15, 0.2) is 53.4 Å². The highest BCUT2D eigenvalue weighted by atomic mass is 35.5. The summed E-state index contributed by atoms with van der Waals surface area (Å²) < 4.78 is 26.8. The van der Waals surface area contributed by atoms with Crippen molar-refractivity contribution in [3.05, 3.63) is 64.1 Å². The zero-order valence-electron chi connectivity index (χ0n) is 16.1. The number of halogens is 2. The molecule has 2 aromatic rings. The van der Waals surface area contributed by atoms with E-state index in [-0.39, 0.29) is 42.8 Å². The number of carbonyl (C=O) groups excluding carboxylic acids is 2. The van der Waals surface area contributed by atoms with Crippen LogP contribution in [-0.4, -0.2) is 62.2 Å². The summed E-state index contributed by atoms with van der Waals surface area (Å²) in [6, 6.07) is 12.5. The van der Waals surface area contributed by atoms with Gasteiger partial charge >= 0.3 is 0 Å². The smallest absolute Gasteiger partial charge is 0.251 e.